The first-order chi connectivity index (χ1) is 8.64. The number of hydrogen-bond donors (Lipinski definition) is 0. The highest BCUT2D eigenvalue weighted by atomic mass is 16.5. The van der Waals surface area contributed by atoms with E-state index in [4.69, 9.17) is 4.74 Å². The number of methoxy groups -OCH3 is 1. The van der Waals surface area contributed by atoms with Crippen molar-refractivity contribution in [2.75, 3.05) is 39.8 Å². The number of carbonyl (C=O) groups is 1. The van der Waals surface area contributed by atoms with Gasteiger partial charge in [-0.15, -0.1) is 6.58 Å². The summed E-state index contributed by atoms with van der Waals surface area (Å²) in [5, 5.41) is 0. The van der Waals surface area contributed by atoms with E-state index in [1.54, 1.807) is 6.08 Å². The average Bonchev–Trinajstić information content (AvgIpc) is 2.41. The predicted molar refractivity (Wildman–Crippen MR) is 75.7 cm³/mol. The fourth-order valence-corrected chi connectivity index (χ4v) is 2.05. The van der Waals surface area contributed by atoms with Crippen LogP contribution in [0.5, 0.6) is 0 Å². The maximum atomic E-state index is 11.6. The van der Waals surface area contributed by atoms with Crippen molar-refractivity contribution in [2.45, 2.75) is 33.2 Å². The highest BCUT2D eigenvalue weighted by molar-refractivity contribution is 5.77. The summed E-state index contributed by atoms with van der Waals surface area (Å²) >= 11 is 0. The molecule has 0 rings (SSSR count). The van der Waals surface area contributed by atoms with Gasteiger partial charge in [-0.2, -0.15) is 0 Å². The summed E-state index contributed by atoms with van der Waals surface area (Å²) in [4.78, 5) is 16.1. The number of rotatable bonds is 10. The van der Waals surface area contributed by atoms with Gasteiger partial charge in [0.15, 0.2) is 0 Å². The molecule has 0 fully saturated rings. The van der Waals surface area contributed by atoms with Crippen molar-refractivity contribution in [3.8, 4) is 0 Å². The van der Waals surface area contributed by atoms with Gasteiger partial charge in [-0.3, -0.25) is 9.69 Å². The van der Waals surface area contributed by atoms with Gasteiger partial charge in [0.25, 0.3) is 0 Å². The van der Waals surface area contributed by atoms with Crippen LogP contribution in [0.25, 0.3) is 0 Å². The summed E-state index contributed by atoms with van der Waals surface area (Å²) in [7, 11) is 1.42. The smallest absolute Gasteiger partial charge is 0.327 e. The van der Waals surface area contributed by atoms with Crippen LogP contribution in [0.1, 0.15) is 27.2 Å². The minimum atomic E-state index is -0.322. The molecule has 0 heterocycles. The van der Waals surface area contributed by atoms with Crippen LogP contribution in [-0.4, -0.2) is 61.6 Å². The van der Waals surface area contributed by atoms with Crippen LogP contribution >= 0.6 is 0 Å². The van der Waals surface area contributed by atoms with Gasteiger partial charge in [-0.1, -0.05) is 26.8 Å². The molecule has 1 unspecified atom stereocenters. The topological polar surface area (TPSA) is 32.8 Å². The third kappa shape index (κ3) is 5.65. The lowest BCUT2D eigenvalue weighted by atomic mass is 10.2. The van der Waals surface area contributed by atoms with Crippen molar-refractivity contribution < 1.29 is 9.53 Å². The Labute approximate surface area is 112 Å². The zero-order valence-corrected chi connectivity index (χ0v) is 12.3. The third-order valence-electron chi connectivity index (χ3n) is 3.28. The molecule has 0 bridgehead atoms. The van der Waals surface area contributed by atoms with Crippen LogP contribution in [0.3, 0.4) is 0 Å². The van der Waals surface area contributed by atoms with E-state index in [2.05, 4.69) is 37.1 Å². The Morgan fingerprint density at radius 2 is 1.83 bits per heavy atom. The number of likely N-dealkylation sites (N-methyl/N-ethyl adjacent to an activating group) is 1. The Kier molecular flexibility index (Phi) is 9.60. The SMILES string of the molecule is C=CC(C(=O)OC)N(CC)CCCN(CC)CC. The fourth-order valence-electron chi connectivity index (χ4n) is 2.05. The molecule has 18 heavy (non-hydrogen) atoms. The zero-order chi connectivity index (χ0) is 14.0. The molecule has 0 radical (unpaired) electrons. The molecule has 4 nitrogen and oxygen atoms in total. The largest absolute Gasteiger partial charge is 0.468 e. The van der Waals surface area contributed by atoms with Crippen LogP contribution < -0.4 is 0 Å². The molecule has 0 spiro atoms. The van der Waals surface area contributed by atoms with E-state index in [0.29, 0.717) is 0 Å². The first kappa shape index (κ1) is 17.1. The van der Waals surface area contributed by atoms with Crippen LogP contribution in [0.4, 0.5) is 0 Å². The highest BCUT2D eigenvalue weighted by Crippen LogP contribution is 2.05. The van der Waals surface area contributed by atoms with E-state index in [-0.39, 0.29) is 12.0 Å². The minimum Gasteiger partial charge on any atom is -0.468 e. The van der Waals surface area contributed by atoms with Crippen LogP contribution in [0, 0.1) is 0 Å². The lowest BCUT2D eigenvalue weighted by molar-refractivity contribution is -0.145. The summed E-state index contributed by atoms with van der Waals surface area (Å²) in [6.45, 7) is 15.0. The first-order valence-corrected chi connectivity index (χ1v) is 6.81. The van der Waals surface area contributed by atoms with E-state index in [0.717, 1.165) is 39.1 Å². The van der Waals surface area contributed by atoms with Crippen molar-refractivity contribution in [1.29, 1.82) is 0 Å². The molecule has 0 aromatic heterocycles. The zero-order valence-electron chi connectivity index (χ0n) is 12.3. The van der Waals surface area contributed by atoms with Crippen LogP contribution in [-0.2, 0) is 9.53 Å². The molecular weight excluding hydrogens is 228 g/mol. The Bertz CT molecular complexity index is 240. The van der Waals surface area contributed by atoms with Gasteiger partial charge in [0.05, 0.1) is 7.11 Å². The lowest BCUT2D eigenvalue weighted by Crippen LogP contribution is -2.41. The second kappa shape index (κ2) is 10.1. The highest BCUT2D eigenvalue weighted by Gasteiger charge is 2.21. The molecule has 4 heteroatoms. The minimum absolute atomic E-state index is 0.227. The second-order valence-corrected chi connectivity index (χ2v) is 4.21. The molecule has 0 saturated carbocycles. The monoisotopic (exact) mass is 256 g/mol. The van der Waals surface area contributed by atoms with Gasteiger partial charge in [0.1, 0.15) is 6.04 Å². The number of esters is 1. The Morgan fingerprint density at radius 1 is 1.22 bits per heavy atom. The van der Waals surface area contributed by atoms with Crippen molar-refractivity contribution in [3.05, 3.63) is 12.7 Å². The second-order valence-electron chi connectivity index (χ2n) is 4.21. The summed E-state index contributed by atoms with van der Waals surface area (Å²) < 4.78 is 4.79. The molecule has 0 aliphatic heterocycles. The predicted octanol–water partition coefficient (Wildman–Crippen LogP) is 1.77. The lowest BCUT2D eigenvalue weighted by Gasteiger charge is -2.27. The van der Waals surface area contributed by atoms with Gasteiger partial charge in [-0.25, -0.2) is 0 Å². The van der Waals surface area contributed by atoms with Crippen LogP contribution in [0.2, 0.25) is 0 Å². The third-order valence-corrected chi connectivity index (χ3v) is 3.28. The summed E-state index contributed by atoms with van der Waals surface area (Å²) in [6, 6.07) is -0.322. The van der Waals surface area contributed by atoms with E-state index in [1.165, 1.54) is 7.11 Å². The molecule has 106 valence electrons. The molecule has 0 aliphatic rings. The molecule has 0 aliphatic carbocycles. The first-order valence-electron chi connectivity index (χ1n) is 6.81. The van der Waals surface area contributed by atoms with Gasteiger partial charge in [0, 0.05) is 6.54 Å². The van der Waals surface area contributed by atoms with Gasteiger partial charge in [0.2, 0.25) is 0 Å². The fraction of sp³-hybridized carbons (Fsp3) is 0.786. The normalized spacial score (nSPS) is 12.8. The van der Waals surface area contributed by atoms with Crippen LogP contribution in [0.15, 0.2) is 12.7 Å². The standard InChI is InChI=1S/C14H28N2O2/c1-6-13(14(17)18-5)16(9-4)12-10-11-15(7-2)8-3/h6,13H,1,7-12H2,2-5H3. The number of nitrogens with zero attached hydrogens (tertiary/aromatic N) is 2. The Balaban J connectivity index is 4.24. The van der Waals surface area contributed by atoms with Crippen molar-refractivity contribution in [1.82, 2.24) is 9.80 Å². The van der Waals surface area contributed by atoms with Gasteiger partial charge in [-0.05, 0) is 32.6 Å². The molecule has 0 aromatic carbocycles. The summed E-state index contributed by atoms with van der Waals surface area (Å²) in [6.07, 6.45) is 2.71. The maximum Gasteiger partial charge on any atom is 0.327 e. The number of ether oxygens (including phenoxy) is 1. The van der Waals surface area contributed by atoms with Crippen molar-refractivity contribution >= 4 is 5.97 Å². The molecular formula is C14H28N2O2. The average molecular weight is 256 g/mol. The summed E-state index contributed by atoms with van der Waals surface area (Å²) in [5.74, 6) is -0.227. The quantitative estimate of drug-likeness (QED) is 0.440. The number of carbonyl (C=O) groups excluding carboxylic acids is 1. The maximum absolute atomic E-state index is 11.6. The van der Waals surface area contributed by atoms with Crippen molar-refractivity contribution in [3.63, 3.8) is 0 Å². The van der Waals surface area contributed by atoms with E-state index < -0.39 is 0 Å². The Morgan fingerprint density at radius 3 is 2.22 bits per heavy atom. The van der Waals surface area contributed by atoms with E-state index >= 15 is 0 Å². The molecule has 1 atom stereocenters. The summed E-state index contributed by atoms with van der Waals surface area (Å²) in [5.41, 5.74) is 0. The van der Waals surface area contributed by atoms with E-state index in [9.17, 15) is 4.79 Å². The molecule has 0 amide bonds. The van der Waals surface area contributed by atoms with Crippen molar-refractivity contribution in [2.24, 2.45) is 0 Å². The molecule has 0 aromatic rings. The number of hydrogen-bond acceptors (Lipinski definition) is 4. The van der Waals surface area contributed by atoms with E-state index in [1.807, 2.05) is 0 Å². The van der Waals surface area contributed by atoms with Gasteiger partial charge >= 0.3 is 5.97 Å². The Hall–Kier alpha value is -0.870. The molecule has 0 N–H and O–H groups in total. The van der Waals surface area contributed by atoms with Gasteiger partial charge < -0.3 is 9.64 Å². The molecule has 0 saturated heterocycles.